The summed E-state index contributed by atoms with van der Waals surface area (Å²) in [5.41, 5.74) is 0.909. The van der Waals surface area contributed by atoms with E-state index in [9.17, 15) is 4.79 Å². The van der Waals surface area contributed by atoms with E-state index in [4.69, 9.17) is 0 Å². The van der Waals surface area contributed by atoms with E-state index in [1.165, 1.54) is 32.4 Å². The fourth-order valence-electron chi connectivity index (χ4n) is 3.99. The number of urea groups is 1. The summed E-state index contributed by atoms with van der Waals surface area (Å²) in [4.78, 5) is 21.6. The van der Waals surface area contributed by atoms with E-state index >= 15 is 0 Å². The Kier molecular flexibility index (Phi) is 6.29. The normalized spacial score (nSPS) is 24.1. The molecule has 3 heterocycles. The van der Waals surface area contributed by atoms with Crippen LogP contribution in [0.25, 0.3) is 0 Å². The molecule has 1 aromatic rings. The molecule has 0 bridgehead atoms. The molecule has 138 valence electrons. The van der Waals surface area contributed by atoms with Crippen molar-refractivity contribution in [1.82, 2.24) is 20.1 Å². The van der Waals surface area contributed by atoms with Crippen molar-refractivity contribution in [3.63, 3.8) is 0 Å². The van der Waals surface area contributed by atoms with Crippen LogP contribution in [0.4, 0.5) is 4.79 Å². The third-order valence-corrected chi connectivity index (χ3v) is 5.67. The van der Waals surface area contributed by atoms with Gasteiger partial charge in [0.25, 0.3) is 0 Å². The number of carbonyl (C=O) groups is 1. The van der Waals surface area contributed by atoms with Gasteiger partial charge in [0.15, 0.2) is 0 Å². The average Bonchev–Trinajstić information content (AvgIpc) is 2.64. The Morgan fingerprint density at radius 1 is 1.28 bits per heavy atom. The molecule has 2 aliphatic heterocycles. The molecule has 25 heavy (non-hydrogen) atoms. The number of piperidine rings is 2. The van der Waals surface area contributed by atoms with Crippen molar-refractivity contribution in [3.05, 3.63) is 30.1 Å². The van der Waals surface area contributed by atoms with Crippen molar-refractivity contribution in [2.45, 2.75) is 45.6 Å². The summed E-state index contributed by atoms with van der Waals surface area (Å²) in [5, 5.41) is 3.11. The van der Waals surface area contributed by atoms with Crippen LogP contribution in [0, 0.1) is 11.8 Å². The number of likely N-dealkylation sites (tertiary alicyclic amines) is 2. The Morgan fingerprint density at radius 3 is 2.80 bits per heavy atom. The zero-order valence-electron chi connectivity index (χ0n) is 15.7. The van der Waals surface area contributed by atoms with Crippen LogP contribution in [-0.4, -0.2) is 53.5 Å². The Bertz CT molecular complexity index is 542. The van der Waals surface area contributed by atoms with Gasteiger partial charge in [-0.05, 0) is 69.7 Å². The topological polar surface area (TPSA) is 48.5 Å². The second-order valence-electron chi connectivity index (χ2n) is 7.86. The minimum Gasteiger partial charge on any atom is -0.330 e. The first-order valence-corrected chi connectivity index (χ1v) is 9.80. The predicted molar refractivity (Wildman–Crippen MR) is 100 cm³/mol. The largest absolute Gasteiger partial charge is 0.330 e. The van der Waals surface area contributed by atoms with E-state index in [-0.39, 0.29) is 12.1 Å². The molecular weight excluding hydrogens is 312 g/mol. The van der Waals surface area contributed by atoms with Gasteiger partial charge in [0.2, 0.25) is 0 Å². The molecule has 3 rings (SSSR count). The van der Waals surface area contributed by atoms with Crippen molar-refractivity contribution in [1.29, 1.82) is 0 Å². The van der Waals surface area contributed by atoms with Crippen LogP contribution < -0.4 is 5.32 Å². The highest BCUT2D eigenvalue weighted by atomic mass is 16.2. The third kappa shape index (κ3) is 5.18. The molecule has 5 heteroatoms. The van der Waals surface area contributed by atoms with E-state index < -0.39 is 0 Å². The SMILES string of the molecule is CC1CCN(C[C@@H]2CCCN(C(=O)N[C@H](C)c3ccccn3)C2)CC1. The Labute approximate surface area is 151 Å². The van der Waals surface area contributed by atoms with Gasteiger partial charge in [-0.3, -0.25) is 4.98 Å². The maximum atomic E-state index is 12.6. The second-order valence-corrected chi connectivity index (χ2v) is 7.86. The van der Waals surface area contributed by atoms with E-state index in [0.717, 1.165) is 37.7 Å². The van der Waals surface area contributed by atoms with Crippen LogP contribution in [-0.2, 0) is 0 Å². The highest BCUT2D eigenvalue weighted by Crippen LogP contribution is 2.22. The minimum atomic E-state index is -0.0577. The summed E-state index contributed by atoms with van der Waals surface area (Å²) in [6.45, 7) is 9.69. The van der Waals surface area contributed by atoms with Gasteiger partial charge in [-0.25, -0.2) is 4.79 Å². The first-order valence-electron chi connectivity index (χ1n) is 9.80. The minimum absolute atomic E-state index is 0.0510. The molecule has 1 aromatic heterocycles. The Morgan fingerprint density at radius 2 is 2.08 bits per heavy atom. The Balaban J connectivity index is 1.48. The third-order valence-electron chi connectivity index (χ3n) is 5.67. The first-order chi connectivity index (χ1) is 12.1. The smallest absolute Gasteiger partial charge is 0.317 e. The zero-order chi connectivity index (χ0) is 17.6. The van der Waals surface area contributed by atoms with Crippen LogP contribution in [0.1, 0.15) is 51.3 Å². The van der Waals surface area contributed by atoms with E-state index in [1.807, 2.05) is 30.0 Å². The average molecular weight is 345 g/mol. The molecule has 0 radical (unpaired) electrons. The number of rotatable bonds is 4. The molecule has 1 N–H and O–H groups in total. The van der Waals surface area contributed by atoms with E-state index in [2.05, 4.69) is 22.1 Å². The molecule has 2 amide bonds. The van der Waals surface area contributed by atoms with Crippen molar-refractivity contribution in [2.75, 3.05) is 32.7 Å². The number of nitrogens with zero attached hydrogens (tertiary/aromatic N) is 3. The lowest BCUT2D eigenvalue weighted by Crippen LogP contribution is -2.48. The monoisotopic (exact) mass is 344 g/mol. The molecule has 0 aromatic carbocycles. The summed E-state index contributed by atoms with van der Waals surface area (Å²) in [6, 6.07) is 5.81. The van der Waals surface area contributed by atoms with Crippen molar-refractivity contribution >= 4 is 6.03 Å². The summed E-state index contributed by atoms with van der Waals surface area (Å²) < 4.78 is 0. The quantitative estimate of drug-likeness (QED) is 0.912. The second kappa shape index (κ2) is 8.65. The van der Waals surface area contributed by atoms with Gasteiger partial charge in [-0.15, -0.1) is 0 Å². The van der Waals surface area contributed by atoms with Crippen molar-refractivity contribution in [2.24, 2.45) is 11.8 Å². The molecule has 2 fully saturated rings. The highest BCUT2D eigenvalue weighted by molar-refractivity contribution is 5.74. The summed E-state index contributed by atoms with van der Waals surface area (Å²) >= 11 is 0. The van der Waals surface area contributed by atoms with Gasteiger partial charge in [0, 0.05) is 25.8 Å². The highest BCUT2D eigenvalue weighted by Gasteiger charge is 2.27. The lowest BCUT2D eigenvalue weighted by atomic mass is 9.94. The number of nitrogens with one attached hydrogen (secondary N) is 1. The van der Waals surface area contributed by atoms with Crippen LogP contribution in [0.15, 0.2) is 24.4 Å². The number of pyridine rings is 1. The van der Waals surface area contributed by atoms with Crippen LogP contribution in [0.2, 0.25) is 0 Å². The fourth-order valence-corrected chi connectivity index (χ4v) is 3.99. The van der Waals surface area contributed by atoms with Gasteiger partial charge < -0.3 is 15.1 Å². The lowest BCUT2D eigenvalue weighted by Gasteiger charge is -2.38. The van der Waals surface area contributed by atoms with E-state index in [1.54, 1.807) is 6.20 Å². The zero-order valence-corrected chi connectivity index (χ0v) is 15.7. The van der Waals surface area contributed by atoms with Gasteiger partial charge >= 0.3 is 6.03 Å². The maximum Gasteiger partial charge on any atom is 0.317 e. The molecule has 5 nitrogen and oxygen atoms in total. The molecule has 2 saturated heterocycles. The van der Waals surface area contributed by atoms with Crippen molar-refractivity contribution in [3.8, 4) is 0 Å². The number of hydrogen-bond donors (Lipinski definition) is 1. The molecule has 0 saturated carbocycles. The molecule has 0 aliphatic carbocycles. The first kappa shape index (κ1) is 18.2. The van der Waals surface area contributed by atoms with Crippen molar-refractivity contribution < 1.29 is 4.79 Å². The summed E-state index contributed by atoms with van der Waals surface area (Å²) in [6.07, 6.45) is 6.76. The summed E-state index contributed by atoms with van der Waals surface area (Å²) in [7, 11) is 0. The lowest BCUT2D eigenvalue weighted by molar-refractivity contribution is 0.119. The number of carbonyl (C=O) groups excluding carboxylic acids is 1. The fraction of sp³-hybridized carbons (Fsp3) is 0.700. The van der Waals surface area contributed by atoms with Gasteiger partial charge in [-0.2, -0.15) is 0 Å². The number of aromatic nitrogens is 1. The predicted octanol–water partition coefficient (Wildman–Crippen LogP) is 3.30. The molecule has 0 spiro atoms. The van der Waals surface area contributed by atoms with Gasteiger partial charge in [-0.1, -0.05) is 13.0 Å². The van der Waals surface area contributed by atoms with Crippen LogP contribution in [0.3, 0.4) is 0 Å². The Hall–Kier alpha value is -1.62. The van der Waals surface area contributed by atoms with Crippen LogP contribution >= 0.6 is 0 Å². The van der Waals surface area contributed by atoms with Gasteiger partial charge in [0.05, 0.1) is 11.7 Å². The number of amides is 2. The molecule has 0 unspecified atom stereocenters. The van der Waals surface area contributed by atoms with E-state index in [0.29, 0.717) is 5.92 Å². The van der Waals surface area contributed by atoms with Gasteiger partial charge in [0.1, 0.15) is 0 Å². The maximum absolute atomic E-state index is 12.6. The molecule has 2 aliphatic rings. The standard InChI is InChI=1S/C20H32N4O/c1-16-8-12-23(13-9-16)14-18-6-5-11-24(15-18)20(25)22-17(2)19-7-3-4-10-21-19/h3-4,7,10,16-18H,5-6,8-9,11-15H2,1-2H3,(H,22,25)/t17-,18+/m1/s1. The number of hydrogen-bond acceptors (Lipinski definition) is 3. The summed E-state index contributed by atoms with van der Waals surface area (Å²) in [5.74, 6) is 1.48. The molecular formula is C20H32N4O. The van der Waals surface area contributed by atoms with Crippen LogP contribution in [0.5, 0.6) is 0 Å². The molecule has 2 atom stereocenters.